The predicted octanol–water partition coefficient (Wildman–Crippen LogP) is 3.49. The van der Waals surface area contributed by atoms with E-state index in [-0.39, 0.29) is 5.91 Å². The largest absolute Gasteiger partial charge is 0.493 e. The van der Waals surface area contributed by atoms with Gasteiger partial charge in [-0.15, -0.1) is 11.3 Å². The van der Waals surface area contributed by atoms with E-state index in [0.717, 1.165) is 5.69 Å². The van der Waals surface area contributed by atoms with Crippen LogP contribution in [0.4, 0.5) is 5.13 Å². The smallest absolute Gasteiger partial charge is 0.258 e. The number of amides is 1. The highest BCUT2D eigenvalue weighted by atomic mass is 79.9. The minimum Gasteiger partial charge on any atom is -0.493 e. The third-order valence-corrected chi connectivity index (χ3v) is 4.52. The molecule has 1 aromatic heterocycles. The fourth-order valence-corrected chi connectivity index (χ4v) is 3.18. The van der Waals surface area contributed by atoms with Crippen molar-refractivity contribution in [3.8, 4) is 17.2 Å². The Balaban J connectivity index is 2.43. The zero-order valence-corrected chi connectivity index (χ0v) is 14.9. The Morgan fingerprint density at radius 2 is 1.91 bits per heavy atom. The first-order valence-electron chi connectivity index (χ1n) is 6.23. The summed E-state index contributed by atoms with van der Waals surface area (Å²) in [5.74, 6) is 0.893. The first-order valence-corrected chi connectivity index (χ1v) is 7.91. The number of thiazole rings is 1. The van der Waals surface area contributed by atoms with Crippen molar-refractivity contribution in [3.05, 3.63) is 27.2 Å². The van der Waals surface area contributed by atoms with Crippen LogP contribution in [0.3, 0.4) is 0 Å². The Labute approximate surface area is 140 Å². The second-order valence-corrected chi connectivity index (χ2v) is 5.91. The number of nitrogens with one attached hydrogen (secondary N) is 1. The number of carbonyl (C=O) groups is 1. The molecule has 1 heterocycles. The predicted molar refractivity (Wildman–Crippen MR) is 88.6 cm³/mol. The SMILES string of the molecule is COc1cc(C(=O)Nc2nc(C)cs2)c(Br)c(OC)c1OC. The Bertz CT molecular complexity index is 702. The highest BCUT2D eigenvalue weighted by Gasteiger charge is 2.23. The maximum absolute atomic E-state index is 12.5. The molecule has 1 N–H and O–H groups in total. The van der Waals surface area contributed by atoms with Gasteiger partial charge in [0.25, 0.3) is 5.91 Å². The van der Waals surface area contributed by atoms with Crippen LogP contribution in [0.25, 0.3) is 0 Å². The Hall–Kier alpha value is -1.80. The molecule has 0 aliphatic heterocycles. The zero-order chi connectivity index (χ0) is 16.3. The van der Waals surface area contributed by atoms with Gasteiger partial charge in [0.05, 0.1) is 37.1 Å². The van der Waals surface area contributed by atoms with E-state index < -0.39 is 0 Å². The van der Waals surface area contributed by atoms with Gasteiger partial charge in [-0.25, -0.2) is 4.98 Å². The molecule has 118 valence electrons. The molecule has 0 saturated heterocycles. The number of halogens is 1. The second kappa shape index (κ2) is 6.97. The highest BCUT2D eigenvalue weighted by Crippen LogP contribution is 2.44. The molecular weight excluding hydrogens is 372 g/mol. The number of carbonyl (C=O) groups excluding carboxylic acids is 1. The van der Waals surface area contributed by atoms with Gasteiger partial charge in [0.1, 0.15) is 0 Å². The summed E-state index contributed by atoms with van der Waals surface area (Å²) >= 11 is 4.74. The summed E-state index contributed by atoms with van der Waals surface area (Å²) < 4.78 is 16.3. The van der Waals surface area contributed by atoms with Crippen molar-refractivity contribution in [2.24, 2.45) is 0 Å². The average Bonchev–Trinajstić information content (AvgIpc) is 2.91. The minimum absolute atomic E-state index is 0.319. The van der Waals surface area contributed by atoms with Crippen LogP contribution < -0.4 is 19.5 Å². The van der Waals surface area contributed by atoms with Crippen LogP contribution in [-0.4, -0.2) is 32.2 Å². The quantitative estimate of drug-likeness (QED) is 0.851. The van der Waals surface area contributed by atoms with E-state index in [2.05, 4.69) is 26.2 Å². The van der Waals surface area contributed by atoms with E-state index in [1.807, 2.05) is 12.3 Å². The van der Waals surface area contributed by atoms with Crippen molar-refractivity contribution in [2.45, 2.75) is 6.92 Å². The molecule has 0 radical (unpaired) electrons. The van der Waals surface area contributed by atoms with Gasteiger partial charge >= 0.3 is 0 Å². The van der Waals surface area contributed by atoms with Crippen molar-refractivity contribution in [3.63, 3.8) is 0 Å². The van der Waals surface area contributed by atoms with Crippen molar-refractivity contribution < 1.29 is 19.0 Å². The molecule has 2 aromatic rings. The maximum Gasteiger partial charge on any atom is 0.258 e. The molecule has 0 aliphatic rings. The number of ether oxygens (including phenoxy) is 3. The van der Waals surface area contributed by atoms with E-state index in [1.54, 1.807) is 6.07 Å². The van der Waals surface area contributed by atoms with Crippen LogP contribution in [-0.2, 0) is 0 Å². The number of anilines is 1. The van der Waals surface area contributed by atoms with E-state index in [4.69, 9.17) is 14.2 Å². The van der Waals surface area contributed by atoms with Crippen LogP contribution in [0.5, 0.6) is 17.2 Å². The summed E-state index contributed by atoms with van der Waals surface area (Å²) in [6.07, 6.45) is 0. The lowest BCUT2D eigenvalue weighted by atomic mass is 10.1. The first kappa shape index (κ1) is 16.6. The zero-order valence-electron chi connectivity index (χ0n) is 12.5. The molecule has 0 atom stereocenters. The summed E-state index contributed by atoms with van der Waals surface area (Å²) in [7, 11) is 4.50. The standard InChI is InChI=1S/C14H15BrN2O4S/c1-7-6-22-14(16-7)17-13(18)8-5-9(19-2)11(20-3)12(21-4)10(8)15/h5-6H,1-4H3,(H,16,17,18). The molecule has 0 fully saturated rings. The molecule has 6 nitrogen and oxygen atoms in total. The third-order valence-electron chi connectivity index (χ3n) is 2.85. The molecule has 0 aliphatic carbocycles. The van der Waals surface area contributed by atoms with Gasteiger partial charge in [-0.1, -0.05) is 0 Å². The summed E-state index contributed by atoms with van der Waals surface area (Å²) in [5.41, 5.74) is 1.21. The summed E-state index contributed by atoms with van der Waals surface area (Å²) in [5, 5.41) is 5.14. The number of benzene rings is 1. The van der Waals surface area contributed by atoms with E-state index in [9.17, 15) is 4.79 Å². The lowest BCUT2D eigenvalue weighted by molar-refractivity contribution is 0.102. The Morgan fingerprint density at radius 3 is 2.41 bits per heavy atom. The average molecular weight is 387 g/mol. The van der Waals surface area contributed by atoms with E-state index >= 15 is 0 Å². The van der Waals surface area contributed by atoms with Crippen LogP contribution in [0.15, 0.2) is 15.9 Å². The molecule has 0 bridgehead atoms. The van der Waals surface area contributed by atoms with Gasteiger partial charge in [-0.3, -0.25) is 10.1 Å². The number of aromatic nitrogens is 1. The van der Waals surface area contributed by atoms with Gasteiger partial charge in [-0.05, 0) is 28.9 Å². The van der Waals surface area contributed by atoms with Crippen molar-refractivity contribution in [1.29, 1.82) is 0 Å². The second-order valence-electron chi connectivity index (χ2n) is 4.26. The minimum atomic E-state index is -0.319. The topological polar surface area (TPSA) is 69.7 Å². The van der Waals surface area contributed by atoms with Gasteiger partial charge < -0.3 is 14.2 Å². The van der Waals surface area contributed by atoms with E-state index in [1.165, 1.54) is 32.7 Å². The number of rotatable bonds is 5. The lowest BCUT2D eigenvalue weighted by Crippen LogP contribution is -2.13. The van der Waals surface area contributed by atoms with Crippen LogP contribution in [0, 0.1) is 6.92 Å². The fourth-order valence-electron chi connectivity index (χ4n) is 1.86. The Morgan fingerprint density at radius 1 is 1.23 bits per heavy atom. The number of aryl methyl sites for hydroxylation is 1. The summed E-state index contributed by atoms with van der Waals surface area (Å²) in [4.78, 5) is 16.7. The van der Waals surface area contributed by atoms with Gasteiger partial charge in [-0.2, -0.15) is 0 Å². The lowest BCUT2D eigenvalue weighted by Gasteiger charge is -2.16. The molecule has 1 amide bonds. The van der Waals surface area contributed by atoms with Gasteiger partial charge in [0.2, 0.25) is 5.75 Å². The van der Waals surface area contributed by atoms with Crippen molar-refractivity contribution >= 4 is 38.3 Å². The number of hydrogen-bond acceptors (Lipinski definition) is 6. The maximum atomic E-state index is 12.5. The number of hydrogen-bond donors (Lipinski definition) is 1. The molecular formula is C14H15BrN2O4S. The highest BCUT2D eigenvalue weighted by molar-refractivity contribution is 9.10. The normalized spacial score (nSPS) is 10.2. The van der Waals surface area contributed by atoms with Crippen molar-refractivity contribution in [1.82, 2.24) is 4.98 Å². The molecule has 0 spiro atoms. The number of nitrogens with zero attached hydrogens (tertiary/aromatic N) is 1. The van der Waals surface area contributed by atoms with Crippen molar-refractivity contribution in [2.75, 3.05) is 26.6 Å². The molecule has 22 heavy (non-hydrogen) atoms. The Kier molecular flexibility index (Phi) is 5.25. The molecule has 0 unspecified atom stereocenters. The van der Waals surface area contributed by atoms with Gasteiger partial charge in [0, 0.05) is 5.38 Å². The first-order chi connectivity index (χ1) is 10.5. The monoisotopic (exact) mass is 386 g/mol. The van der Waals surface area contributed by atoms with E-state index in [0.29, 0.717) is 32.4 Å². The molecule has 8 heteroatoms. The van der Waals surface area contributed by atoms with Crippen LogP contribution in [0.2, 0.25) is 0 Å². The molecule has 2 rings (SSSR count). The third kappa shape index (κ3) is 3.17. The molecule has 1 aromatic carbocycles. The number of methoxy groups -OCH3 is 3. The van der Waals surface area contributed by atoms with Gasteiger partial charge in [0.15, 0.2) is 16.6 Å². The fraction of sp³-hybridized carbons (Fsp3) is 0.286. The van der Waals surface area contributed by atoms with Crippen LogP contribution in [0.1, 0.15) is 16.1 Å². The van der Waals surface area contributed by atoms with Crippen LogP contribution >= 0.6 is 27.3 Å². The molecule has 0 saturated carbocycles. The summed E-state index contributed by atoms with van der Waals surface area (Å²) in [6, 6.07) is 1.58. The summed E-state index contributed by atoms with van der Waals surface area (Å²) in [6.45, 7) is 1.86.